The first-order valence-electron chi connectivity index (χ1n) is 4.57. The molecule has 0 spiro atoms. The van der Waals surface area contributed by atoms with Crippen LogP contribution in [0.5, 0.6) is 0 Å². The molecule has 84 valence electrons. The van der Waals surface area contributed by atoms with Gasteiger partial charge in [0.2, 0.25) is 0 Å². The van der Waals surface area contributed by atoms with Gasteiger partial charge in [-0.3, -0.25) is 0 Å². The zero-order chi connectivity index (χ0) is 11.5. The number of carbonyl (C=O) groups excluding carboxylic acids is 1. The molecule has 0 atom stereocenters. The van der Waals surface area contributed by atoms with Crippen molar-refractivity contribution in [1.82, 2.24) is 14.5 Å². The number of aromatic nitrogens is 2. The molecule has 0 aliphatic heterocycles. The highest BCUT2D eigenvalue weighted by atomic mass is 32.1. The maximum Gasteiger partial charge on any atom is 0.407 e. The van der Waals surface area contributed by atoms with E-state index in [1.807, 2.05) is 20.8 Å². The molecular formula is C9H15N3O2S. The van der Waals surface area contributed by atoms with E-state index in [1.54, 1.807) is 12.3 Å². The second-order valence-electron chi connectivity index (χ2n) is 4.08. The van der Waals surface area contributed by atoms with Crippen molar-refractivity contribution in [2.24, 2.45) is 0 Å². The summed E-state index contributed by atoms with van der Waals surface area (Å²) in [5.41, 5.74) is 0.253. The maximum atomic E-state index is 11.3. The highest BCUT2D eigenvalue weighted by Gasteiger charge is 2.15. The van der Waals surface area contributed by atoms with Crippen LogP contribution in [0, 0.1) is 0 Å². The maximum absolute atomic E-state index is 11.3. The molecule has 0 aromatic carbocycles. The van der Waals surface area contributed by atoms with Gasteiger partial charge in [0.05, 0.1) is 12.2 Å². The van der Waals surface area contributed by atoms with E-state index < -0.39 is 11.7 Å². The van der Waals surface area contributed by atoms with E-state index in [0.717, 1.165) is 5.69 Å². The highest BCUT2D eigenvalue weighted by Crippen LogP contribution is 2.06. The Hall–Kier alpha value is -1.17. The number of ether oxygens (including phenoxy) is 1. The Bertz CT molecular complexity index is 343. The Morgan fingerprint density at radius 3 is 2.80 bits per heavy atom. The number of hydrogen-bond donors (Lipinski definition) is 2. The van der Waals surface area contributed by atoms with Crippen LogP contribution in [0.25, 0.3) is 0 Å². The number of nitrogens with one attached hydrogen (secondary N) is 1. The lowest BCUT2D eigenvalue weighted by Crippen LogP contribution is -2.32. The average Bonchev–Trinajstić information content (AvgIpc) is 2.45. The molecule has 1 aromatic rings. The smallest absolute Gasteiger partial charge is 0.407 e. The fraction of sp³-hybridized carbons (Fsp3) is 0.556. The van der Waals surface area contributed by atoms with Gasteiger partial charge in [0.1, 0.15) is 5.60 Å². The fourth-order valence-electron chi connectivity index (χ4n) is 0.922. The minimum atomic E-state index is -0.479. The van der Waals surface area contributed by atoms with Crippen molar-refractivity contribution in [1.29, 1.82) is 0 Å². The van der Waals surface area contributed by atoms with Crippen molar-refractivity contribution in [3.8, 4) is 0 Å². The van der Waals surface area contributed by atoms with Gasteiger partial charge < -0.3 is 10.1 Å². The van der Waals surface area contributed by atoms with E-state index >= 15 is 0 Å². The van der Waals surface area contributed by atoms with Crippen molar-refractivity contribution >= 4 is 18.9 Å². The van der Waals surface area contributed by atoms with Gasteiger partial charge >= 0.3 is 6.09 Å². The summed E-state index contributed by atoms with van der Waals surface area (Å²) >= 11 is 3.98. The predicted octanol–water partition coefficient (Wildman–Crippen LogP) is 1.60. The number of nitrogens with zero attached hydrogens (tertiary/aromatic N) is 2. The molecule has 0 fully saturated rings. The molecule has 15 heavy (non-hydrogen) atoms. The van der Waals surface area contributed by atoms with Crippen molar-refractivity contribution in [2.75, 3.05) is 0 Å². The zero-order valence-electron chi connectivity index (χ0n) is 9.02. The summed E-state index contributed by atoms with van der Waals surface area (Å²) in [5, 5.41) is 6.59. The van der Waals surface area contributed by atoms with Gasteiger partial charge in [-0.1, -0.05) is 0 Å². The van der Waals surface area contributed by atoms with Crippen LogP contribution in [0.4, 0.5) is 4.79 Å². The Balaban J connectivity index is 2.35. The van der Waals surface area contributed by atoms with E-state index in [1.165, 1.54) is 4.09 Å². The minimum Gasteiger partial charge on any atom is -0.444 e. The number of thiol groups is 1. The summed E-state index contributed by atoms with van der Waals surface area (Å²) in [6.07, 6.45) is 1.24. The number of rotatable bonds is 2. The monoisotopic (exact) mass is 229 g/mol. The second kappa shape index (κ2) is 4.57. The van der Waals surface area contributed by atoms with Crippen molar-refractivity contribution in [3.63, 3.8) is 0 Å². The molecule has 0 aliphatic rings. The lowest BCUT2D eigenvalue weighted by atomic mass is 10.2. The van der Waals surface area contributed by atoms with Gasteiger partial charge in [0, 0.05) is 6.20 Å². The molecule has 1 heterocycles. The van der Waals surface area contributed by atoms with E-state index in [4.69, 9.17) is 4.74 Å². The van der Waals surface area contributed by atoms with Crippen molar-refractivity contribution < 1.29 is 9.53 Å². The third-order valence-corrected chi connectivity index (χ3v) is 1.67. The van der Waals surface area contributed by atoms with Gasteiger partial charge in [0.25, 0.3) is 0 Å². The number of hydrogen-bond acceptors (Lipinski definition) is 4. The largest absolute Gasteiger partial charge is 0.444 e. The predicted molar refractivity (Wildman–Crippen MR) is 59.7 cm³/mol. The Labute approximate surface area is 94.3 Å². The first-order valence-corrected chi connectivity index (χ1v) is 4.97. The van der Waals surface area contributed by atoms with Crippen LogP contribution < -0.4 is 5.32 Å². The molecule has 0 saturated heterocycles. The van der Waals surface area contributed by atoms with Crippen LogP contribution >= 0.6 is 12.8 Å². The normalized spacial score (nSPS) is 11.2. The van der Waals surface area contributed by atoms with Gasteiger partial charge in [-0.25, -0.2) is 8.88 Å². The highest BCUT2D eigenvalue weighted by molar-refractivity contribution is 7.78. The molecule has 6 heteroatoms. The molecule has 5 nitrogen and oxygen atoms in total. The SMILES string of the molecule is CC(C)(C)OC(=O)NCc1ccn(S)n1. The molecule has 0 saturated carbocycles. The third-order valence-electron chi connectivity index (χ3n) is 1.44. The topological polar surface area (TPSA) is 56.1 Å². The summed E-state index contributed by atoms with van der Waals surface area (Å²) in [7, 11) is 0. The third kappa shape index (κ3) is 4.73. The number of amides is 1. The molecule has 1 N–H and O–H groups in total. The standard InChI is InChI=1S/C9H15N3O2S/c1-9(2,3)14-8(13)10-6-7-4-5-12(15)11-7/h4-5,15H,6H2,1-3H3,(H,10,13). The van der Waals surface area contributed by atoms with Crippen LogP contribution in [-0.2, 0) is 11.3 Å². The summed E-state index contributed by atoms with van der Waals surface area (Å²) in [5.74, 6) is 0. The van der Waals surface area contributed by atoms with Crippen molar-refractivity contribution in [2.45, 2.75) is 32.9 Å². The molecule has 0 unspecified atom stereocenters. The second-order valence-corrected chi connectivity index (χ2v) is 4.49. The first-order chi connectivity index (χ1) is 6.87. The molecule has 0 aliphatic carbocycles. The molecule has 1 amide bonds. The van der Waals surface area contributed by atoms with Gasteiger partial charge in [0.15, 0.2) is 0 Å². The lowest BCUT2D eigenvalue weighted by Gasteiger charge is -2.19. The summed E-state index contributed by atoms with van der Waals surface area (Å²) in [4.78, 5) is 11.3. The molecular weight excluding hydrogens is 214 g/mol. The van der Waals surface area contributed by atoms with Gasteiger partial charge in [-0.2, -0.15) is 5.10 Å². The van der Waals surface area contributed by atoms with Crippen LogP contribution in [0.3, 0.4) is 0 Å². The summed E-state index contributed by atoms with van der Waals surface area (Å²) in [6, 6.07) is 1.77. The lowest BCUT2D eigenvalue weighted by molar-refractivity contribution is 0.0523. The van der Waals surface area contributed by atoms with Crippen LogP contribution in [-0.4, -0.2) is 20.9 Å². The molecule has 0 radical (unpaired) electrons. The summed E-state index contributed by atoms with van der Waals surface area (Å²) < 4.78 is 6.44. The van der Waals surface area contributed by atoms with E-state index in [-0.39, 0.29) is 0 Å². The molecule has 1 aromatic heterocycles. The zero-order valence-corrected chi connectivity index (χ0v) is 9.91. The van der Waals surface area contributed by atoms with E-state index in [0.29, 0.717) is 6.54 Å². The van der Waals surface area contributed by atoms with Crippen LogP contribution in [0.15, 0.2) is 12.3 Å². The van der Waals surface area contributed by atoms with Crippen LogP contribution in [0.2, 0.25) is 0 Å². The Kier molecular flexibility index (Phi) is 3.62. The number of carbonyl (C=O) groups is 1. The van der Waals surface area contributed by atoms with Crippen LogP contribution in [0.1, 0.15) is 26.5 Å². The van der Waals surface area contributed by atoms with Crippen molar-refractivity contribution in [3.05, 3.63) is 18.0 Å². The Morgan fingerprint density at radius 2 is 2.33 bits per heavy atom. The van der Waals surface area contributed by atoms with Gasteiger partial charge in [-0.15, -0.1) is 0 Å². The minimum absolute atomic E-state index is 0.336. The molecule has 0 bridgehead atoms. The average molecular weight is 229 g/mol. The first kappa shape index (κ1) is 11.9. The fourth-order valence-corrected chi connectivity index (χ4v) is 1.10. The van der Waals surface area contributed by atoms with E-state index in [2.05, 4.69) is 23.2 Å². The quantitative estimate of drug-likeness (QED) is 0.757. The Morgan fingerprint density at radius 1 is 1.67 bits per heavy atom. The molecule has 1 rings (SSSR count). The van der Waals surface area contributed by atoms with E-state index in [9.17, 15) is 4.79 Å². The number of alkyl carbamates (subject to hydrolysis) is 1. The summed E-state index contributed by atoms with van der Waals surface area (Å²) in [6.45, 7) is 5.78. The van der Waals surface area contributed by atoms with Gasteiger partial charge in [-0.05, 0) is 39.7 Å².